The summed E-state index contributed by atoms with van der Waals surface area (Å²) in [6.07, 6.45) is 0.224. The molecule has 0 radical (unpaired) electrons. The van der Waals surface area contributed by atoms with Crippen LogP contribution in [-0.2, 0) is 24.2 Å². The Balaban J connectivity index is 1.69. The van der Waals surface area contributed by atoms with E-state index < -0.39 is 11.9 Å². The van der Waals surface area contributed by atoms with Crippen molar-refractivity contribution in [3.8, 4) is 11.1 Å². The minimum Gasteiger partial charge on any atom is -0.478 e. The van der Waals surface area contributed by atoms with Crippen LogP contribution in [0.15, 0.2) is 77.8 Å². The zero-order chi connectivity index (χ0) is 30.4. The summed E-state index contributed by atoms with van der Waals surface area (Å²) in [6, 6.07) is 19.8. The standard InChI is InChI=1S/C30H28Cl2N6O4/c31-22-3-1-2-17(10-22)8-9-36-26-14-24(32)28(20-11-21(30(40)41)13-23(33)12-20)25(38(26)42)15-27(39)37-16-18-4-6-19(7-5-18)29(34)35/h1-7,10-14,42H,8-9,15-16,33H2,(H3,34,35)(H,37,39)(H,40,41). The highest BCUT2D eigenvalue weighted by molar-refractivity contribution is 6.33. The number of amidine groups is 1. The van der Waals surface area contributed by atoms with Crippen LogP contribution in [0.1, 0.15) is 32.7 Å². The second kappa shape index (κ2) is 13.2. The number of aromatic carboxylic acids is 1. The van der Waals surface area contributed by atoms with Crippen molar-refractivity contribution in [1.82, 2.24) is 10.0 Å². The van der Waals surface area contributed by atoms with Crippen LogP contribution in [0, 0.1) is 5.41 Å². The van der Waals surface area contributed by atoms with E-state index in [1.807, 2.05) is 18.2 Å². The van der Waals surface area contributed by atoms with Crippen LogP contribution in [0.4, 0.5) is 5.69 Å². The molecule has 0 atom stereocenters. The van der Waals surface area contributed by atoms with E-state index >= 15 is 0 Å². The summed E-state index contributed by atoms with van der Waals surface area (Å²) in [7, 11) is 0. The number of nitrogens with one attached hydrogen (secondary N) is 2. The molecule has 0 saturated carbocycles. The second-order valence-corrected chi connectivity index (χ2v) is 10.3. The smallest absolute Gasteiger partial charge is 0.335 e. The number of hydrogen-bond acceptors (Lipinski definition) is 6. The van der Waals surface area contributed by atoms with Crippen LogP contribution < -0.4 is 22.3 Å². The summed E-state index contributed by atoms with van der Waals surface area (Å²) in [5.41, 5.74) is 14.6. The molecule has 1 heterocycles. The number of carboxylic acid groups (broad SMARTS) is 1. The Morgan fingerprint density at radius 2 is 1.71 bits per heavy atom. The van der Waals surface area contributed by atoms with Crippen LogP contribution in [0.5, 0.6) is 0 Å². The highest BCUT2D eigenvalue weighted by Gasteiger charge is 2.20. The maximum absolute atomic E-state index is 13.1. The molecule has 0 unspecified atom stereocenters. The summed E-state index contributed by atoms with van der Waals surface area (Å²) in [5, 5.41) is 31.8. The number of nitrogen functional groups attached to an aromatic ring is 2. The van der Waals surface area contributed by atoms with Gasteiger partial charge in [-0.3, -0.25) is 15.2 Å². The van der Waals surface area contributed by atoms with Crippen LogP contribution in [-0.4, -0.2) is 39.3 Å². The summed E-state index contributed by atoms with van der Waals surface area (Å²) >= 11 is 12.8. The van der Waals surface area contributed by atoms with Crippen molar-refractivity contribution < 1.29 is 19.9 Å². The molecule has 0 spiro atoms. The number of carbonyl (C=O) groups is 2. The molecule has 10 nitrogen and oxygen atoms in total. The molecule has 216 valence electrons. The van der Waals surface area contributed by atoms with Gasteiger partial charge in [-0.05, 0) is 53.4 Å². The van der Waals surface area contributed by atoms with E-state index in [9.17, 15) is 19.9 Å². The Morgan fingerprint density at radius 1 is 0.976 bits per heavy atom. The molecule has 1 amide bonds. The van der Waals surface area contributed by atoms with E-state index in [1.165, 1.54) is 24.3 Å². The lowest BCUT2D eigenvalue weighted by Crippen LogP contribution is -2.30. The number of hydrogen-bond donors (Lipinski definition) is 6. The third kappa shape index (κ3) is 7.48. The Labute approximate surface area is 251 Å². The van der Waals surface area contributed by atoms with Gasteiger partial charge in [-0.25, -0.2) is 4.79 Å². The predicted molar refractivity (Wildman–Crippen MR) is 162 cm³/mol. The number of carboxylic acids is 1. The van der Waals surface area contributed by atoms with Gasteiger partial charge in [0.05, 0.1) is 22.7 Å². The van der Waals surface area contributed by atoms with Crippen molar-refractivity contribution in [1.29, 1.82) is 5.41 Å². The molecular weight excluding hydrogens is 579 g/mol. The normalized spacial score (nSPS) is 11.3. The fourth-order valence-electron chi connectivity index (χ4n) is 4.34. The number of rotatable bonds is 10. The van der Waals surface area contributed by atoms with Gasteiger partial charge in [0.25, 0.3) is 0 Å². The number of halogens is 2. The van der Waals surface area contributed by atoms with Crippen molar-refractivity contribution in [3.05, 3.63) is 116 Å². The predicted octanol–water partition coefficient (Wildman–Crippen LogP) is 4.27. The number of aromatic nitrogens is 1. The quantitative estimate of drug-likeness (QED) is 0.0678. The largest absolute Gasteiger partial charge is 0.478 e. The molecule has 0 aliphatic heterocycles. The van der Waals surface area contributed by atoms with E-state index in [-0.39, 0.29) is 51.8 Å². The lowest BCUT2D eigenvalue weighted by atomic mass is 9.98. The third-order valence-corrected chi connectivity index (χ3v) is 6.93. The van der Waals surface area contributed by atoms with E-state index in [0.29, 0.717) is 29.1 Å². The number of amides is 1. The van der Waals surface area contributed by atoms with Crippen molar-refractivity contribution in [2.45, 2.75) is 19.4 Å². The first kappa shape index (κ1) is 30.2. The number of nitrogens with two attached hydrogens (primary N) is 2. The first-order valence-electron chi connectivity index (χ1n) is 12.7. The first-order valence-corrected chi connectivity index (χ1v) is 13.5. The lowest BCUT2D eigenvalue weighted by Gasteiger charge is -2.17. The second-order valence-electron chi connectivity index (χ2n) is 9.46. The van der Waals surface area contributed by atoms with Crippen molar-refractivity contribution in [3.63, 3.8) is 0 Å². The molecule has 0 saturated heterocycles. The van der Waals surface area contributed by atoms with Crippen molar-refractivity contribution >= 4 is 46.6 Å². The zero-order valence-electron chi connectivity index (χ0n) is 22.3. The van der Waals surface area contributed by atoms with E-state index in [1.54, 1.807) is 30.3 Å². The summed E-state index contributed by atoms with van der Waals surface area (Å²) in [4.78, 5) is 29.3. The third-order valence-electron chi connectivity index (χ3n) is 6.39. The Hall–Kier alpha value is -4.80. The van der Waals surface area contributed by atoms with E-state index in [0.717, 1.165) is 15.9 Å². The zero-order valence-corrected chi connectivity index (χ0v) is 23.8. The SMILES string of the molecule is N=C(N)c1ccc(CNC(=O)Cc2c(-c3cc(N)cc(C(=O)O)c3)c(Cl)cc(=NCCc3cccc(Cl)c3)n2O)cc1. The number of anilines is 1. The van der Waals surface area contributed by atoms with Gasteiger partial charge in [0.1, 0.15) is 5.84 Å². The van der Waals surface area contributed by atoms with Gasteiger partial charge in [-0.1, -0.05) is 59.6 Å². The van der Waals surface area contributed by atoms with E-state index in [2.05, 4.69) is 10.3 Å². The fourth-order valence-corrected chi connectivity index (χ4v) is 4.87. The van der Waals surface area contributed by atoms with Gasteiger partial charge in [0.15, 0.2) is 5.49 Å². The molecule has 4 rings (SSSR count). The maximum atomic E-state index is 13.1. The van der Waals surface area contributed by atoms with Gasteiger partial charge in [-0.15, -0.1) is 0 Å². The van der Waals surface area contributed by atoms with Crippen molar-refractivity contribution in [2.24, 2.45) is 10.7 Å². The monoisotopic (exact) mass is 606 g/mol. The summed E-state index contributed by atoms with van der Waals surface area (Å²) in [6.45, 7) is 0.469. The van der Waals surface area contributed by atoms with Gasteiger partial charge >= 0.3 is 5.97 Å². The molecule has 0 fully saturated rings. The number of carbonyl (C=O) groups excluding carboxylic acids is 1. The molecule has 3 aromatic carbocycles. The van der Waals surface area contributed by atoms with Crippen LogP contribution in [0.3, 0.4) is 0 Å². The van der Waals surface area contributed by atoms with Crippen molar-refractivity contribution in [2.75, 3.05) is 12.3 Å². The van der Waals surface area contributed by atoms with Gasteiger partial charge in [-0.2, -0.15) is 4.73 Å². The average molecular weight is 607 g/mol. The average Bonchev–Trinajstić information content (AvgIpc) is 2.94. The Kier molecular flexibility index (Phi) is 9.51. The molecule has 4 aromatic rings. The first-order chi connectivity index (χ1) is 20.0. The highest BCUT2D eigenvalue weighted by Crippen LogP contribution is 2.32. The lowest BCUT2D eigenvalue weighted by molar-refractivity contribution is -0.120. The van der Waals surface area contributed by atoms with Crippen LogP contribution >= 0.6 is 23.2 Å². The van der Waals surface area contributed by atoms with Gasteiger partial charge in [0.2, 0.25) is 5.91 Å². The highest BCUT2D eigenvalue weighted by atomic mass is 35.5. The minimum atomic E-state index is -1.20. The van der Waals surface area contributed by atoms with Crippen LogP contribution in [0.25, 0.3) is 11.1 Å². The topological polar surface area (TPSA) is 180 Å². The molecule has 8 N–H and O–H groups in total. The molecule has 12 heteroatoms. The molecule has 0 aliphatic carbocycles. The molecule has 0 bridgehead atoms. The Bertz CT molecular complexity index is 1740. The molecule has 0 aliphatic rings. The van der Waals surface area contributed by atoms with Crippen LogP contribution in [0.2, 0.25) is 10.0 Å². The summed E-state index contributed by atoms with van der Waals surface area (Å²) < 4.78 is 0.782. The molecule has 42 heavy (non-hydrogen) atoms. The summed E-state index contributed by atoms with van der Waals surface area (Å²) in [5.74, 6) is -1.70. The van der Waals surface area contributed by atoms with E-state index in [4.69, 9.17) is 40.1 Å². The molecule has 1 aromatic heterocycles. The fraction of sp³-hybridized carbons (Fsp3) is 0.133. The number of pyridine rings is 1. The molecular formula is C30H28Cl2N6O4. The maximum Gasteiger partial charge on any atom is 0.335 e. The minimum absolute atomic E-state index is 0.0621. The number of nitrogens with zero attached hydrogens (tertiary/aromatic N) is 2. The Morgan fingerprint density at radius 3 is 2.38 bits per heavy atom. The van der Waals surface area contributed by atoms with Gasteiger partial charge in [0, 0.05) is 41.0 Å². The van der Waals surface area contributed by atoms with Gasteiger partial charge < -0.3 is 27.1 Å². The number of benzene rings is 3.